The standard InChI is InChI=1S/C24H29FN2O5.ClH/c1-23(29)14-26-12-11-24(23,30)15-32-20-9-8-19(25)22-18(20)7-10-21(28)27(22)13-16-3-5-17(31-2)6-4-16;/h3-6,8-9,26,29-30H,7,10-15H2,1-2H3;1H/t23-,24-;/m0./s1. The number of hydrogen-bond acceptors (Lipinski definition) is 6. The quantitative estimate of drug-likeness (QED) is 0.588. The number of rotatable bonds is 6. The zero-order chi connectivity index (χ0) is 22.9. The number of piperidine rings is 1. The van der Waals surface area contributed by atoms with E-state index in [2.05, 4.69) is 5.32 Å². The summed E-state index contributed by atoms with van der Waals surface area (Å²) in [5.74, 6) is 0.454. The Labute approximate surface area is 198 Å². The van der Waals surface area contributed by atoms with Gasteiger partial charge < -0.3 is 29.9 Å². The molecule has 7 nitrogen and oxygen atoms in total. The van der Waals surface area contributed by atoms with Crippen molar-refractivity contribution >= 4 is 24.0 Å². The van der Waals surface area contributed by atoms with Crippen molar-refractivity contribution in [3.05, 3.63) is 53.3 Å². The van der Waals surface area contributed by atoms with Crippen LogP contribution in [-0.2, 0) is 17.8 Å². The van der Waals surface area contributed by atoms with Crippen LogP contribution in [0.2, 0.25) is 0 Å². The molecule has 1 fully saturated rings. The maximum absolute atomic E-state index is 14.9. The topological polar surface area (TPSA) is 91.3 Å². The van der Waals surface area contributed by atoms with Gasteiger partial charge in [0.05, 0.1) is 19.3 Å². The highest BCUT2D eigenvalue weighted by atomic mass is 35.5. The van der Waals surface area contributed by atoms with Gasteiger partial charge in [0.2, 0.25) is 5.91 Å². The largest absolute Gasteiger partial charge is 0.497 e. The van der Waals surface area contributed by atoms with Crippen molar-refractivity contribution in [3.8, 4) is 11.5 Å². The van der Waals surface area contributed by atoms with Gasteiger partial charge in [-0.1, -0.05) is 12.1 Å². The average molecular weight is 481 g/mol. The lowest BCUT2D eigenvalue weighted by atomic mass is 9.79. The molecule has 0 spiro atoms. The number of anilines is 1. The van der Waals surface area contributed by atoms with Crippen LogP contribution in [0, 0.1) is 5.82 Å². The van der Waals surface area contributed by atoms with Crippen LogP contribution in [0.25, 0.3) is 0 Å². The molecule has 0 aromatic heterocycles. The first-order valence-electron chi connectivity index (χ1n) is 10.8. The van der Waals surface area contributed by atoms with E-state index in [4.69, 9.17) is 9.47 Å². The first-order valence-corrected chi connectivity index (χ1v) is 10.8. The highest BCUT2D eigenvalue weighted by Crippen LogP contribution is 2.39. The fraction of sp³-hybridized carbons (Fsp3) is 0.458. The Hall–Kier alpha value is -2.39. The summed E-state index contributed by atoms with van der Waals surface area (Å²) >= 11 is 0. The van der Waals surface area contributed by atoms with Crippen molar-refractivity contribution in [3.63, 3.8) is 0 Å². The third-order valence-electron chi connectivity index (χ3n) is 6.50. The van der Waals surface area contributed by atoms with Gasteiger partial charge in [0.25, 0.3) is 0 Å². The SMILES string of the molecule is COc1ccc(CN2C(=O)CCc3c(OC[C@@]4(O)CCNC[C@]4(C)O)ccc(F)c32)cc1.Cl. The Kier molecular flexibility index (Phi) is 7.53. The number of nitrogens with one attached hydrogen (secondary N) is 1. The molecule has 0 aliphatic carbocycles. The van der Waals surface area contributed by atoms with E-state index in [1.54, 1.807) is 26.2 Å². The van der Waals surface area contributed by atoms with E-state index in [0.717, 1.165) is 5.56 Å². The second-order valence-corrected chi connectivity index (χ2v) is 8.72. The lowest BCUT2D eigenvalue weighted by Crippen LogP contribution is -2.65. The van der Waals surface area contributed by atoms with Gasteiger partial charge in [-0.25, -0.2) is 4.39 Å². The van der Waals surface area contributed by atoms with Gasteiger partial charge in [-0.05, 0) is 56.1 Å². The van der Waals surface area contributed by atoms with Gasteiger partial charge in [-0.15, -0.1) is 12.4 Å². The van der Waals surface area contributed by atoms with Gasteiger partial charge in [0.1, 0.15) is 35.1 Å². The number of amides is 1. The molecule has 2 heterocycles. The highest BCUT2D eigenvalue weighted by molar-refractivity contribution is 5.97. The predicted molar refractivity (Wildman–Crippen MR) is 125 cm³/mol. The summed E-state index contributed by atoms with van der Waals surface area (Å²) in [5, 5.41) is 24.7. The smallest absolute Gasteiger partial charge is 0.227 e. The van der Waals surface area contributed by atoms with Crippen LogP contribution in [0.3, 0.4) is 0 Å². The van der Waals surface area contributed by atoms with E-state index >= 15 is 0 Å². The summed E-state index contributed by atoms with van der Waals surface area (Å²) in [6, 6.07) is 10.1. The first kappa shape index (κ1) is 25.2. The number of nitrogens with zero attached hydrogens (tertiary/aromatic N) is 1. The third-order valence-corrected chi connectivity index (χ3v) is 6.50. The molecule has 1 amide bonds. The molecule has 3 N–H and O–H groups in total. The van der Waals surface area contributed by atoms with Gasteiger partial charge in [0, 0.05) is 18.5 Å². The average Bonchev–Trinajstić information content (AvgIpc) is 2.78. The minimum Gasteiger partial charge on any atom is -0.497 e. The molecule has 1 saturated heterocycles. The van der Waals surface area contributed by atoms with E-state index in [9.17, 15) is 19.4 Å². The van der Waals surface area contributed by atoms with Crippen LogP contribution in [-0.4, -0.2) is 54.1 Å². The van der Waals surface area contributed by atoms with Crippen molar-refractivity contribution in [2.75, 3.05) is 31.7 Å². The molecule has 9 heteroatoms. The highest BCUT2D eigenvalue weighted by Gasteiger charge is 2.48. The lowest BCUT2D eigenvalue weighted by Gasteiger charge is -2.44. The third kappa shape index (κ3) is 4.94. The summed E-state index contributed by atoms with van der Waals surface area (Å²) < 4.78 is 26.0. The van der Waals surface area contributed by atoms with E-state index in [-0.39, 0.29) is 50.1 Å². The maximum atomic E-state index is 14.9. The number of halogens is 2. The number of fused-ring (bicyclic) bond motifs is 1. The second kappa shape index (κ2) is 9.85. The van der Waals surface area contributed by atoms with Crippen LogP contribution in [0.5, 0.6) is 11.5 Å². The van der Waals surface area contributed by atoms with E-state index < -0.39 is 17.0 Å². The summed E-state index contributed by atoms with van der Waals surface area (Å²) in [5.41, 5.74) is -1.15. The number of aliphatic hydroxyl groups is 2. The molecule has 2 aliphatic heterocycles. The minimum atomic E-state index is -1.44. The molecule has 180 valence electrons. The summed E-state index contributed by atoms with van der Waals surface area (Å²) in [6.45, 7) is 2.46. The molecule has 2 aromatic carbocycles. The van der Waals surface area contributed by atoms with Crippen LogP contribution < -0.4 is 19.7 Å². The van der Waals surface area contributed by atoms with Gasteiger partial charge >= 0.3 is 0 Å². The molecule has 2 aromatic rings. The Morgan fingerprint density at radius 1 is 1.15 bits per heavy atom. The zero-order valence-corrected chi connectivity index (χ0v) is 19.6. The predicted octanol–water partition coefficient (Wildman–Crippen LogP) is 2.59. The molecule has 0 unspecified atom stereocenters. The van der Waals surface area contributed by atoms with Gasteiger partial charge in [-0.3, -0.25) is 4.79 Å². The second-order valence-electron chi connectivity index (χ2n) is 8.72. The van der Waals surface area contributed by atoms with E-state index in [0.29, 0.717) is 36.4 Å². The van der Waals surface area contributed by atoms with Crippen LogP contribution >= 0.6 is 12.4 Å². The fourth-order valence-electron chi connectivity index (χ4n) is 4.32. The van der Waals surface area contributed by atoms with Crippen LogP contribution in [0.1, 0.15) is 30.9 Å². The van der Waals surface area contributed by atoms with Crippen LogP contribution in [0.15, 0.2) is 36.4 Å². The molecule has 0 saturated carbocycles. The Bertz CT molecular complexity index is 1000. The van der Waals surface area contributed by atoms with Crippen molar-refractivity contribution in [1.82, 2.24) is 5.32 Å². The number of carbonyl (C=O) groups is 1. The molecule has 2 atom stereocenters. The number of carbonyl (C=O) groups excluding carboxylic acids is 1. The Balaban J connectivity index is 0.00000306. The number of benzene rings is 2. The maximum Gasteiger partial charge on any atom is 0.227 e. The lowest BCUT2D eigenvalue weighted by molar-refractivity contribution is -0.171. The Morgan fingerprint density at radius 3 is 2.55 bits per heavy atom. The number of ether oxygens (including phenoxy) is 2. The van der Waals surface area contributed by atoms with E-state index in [1.807, 2.05) is 12.1 Å². The van der Waals surface area contributed by atoms with Gasteiger partial charge in [0.15, 0.2) is 0 Å². The van der Waals surface area contributed by atoms with Gasteiger partial charge in [-0.2, -0.15) is 0 Å². The molecule has 2 aliphatic rings. The Morgan fingerprint density at radius 2 is 1.88 bits per heavy atom. The normalized spacial score (nSPS) is 24.6. The van der Waals surface area contributed by atoms with Crippen molar-refractivity contribution in [1.29, 1.82) is 0 Å². The van der Waals surface area contributed by atoms with E-state index in [1.165, 1.54) is 17.0 Å². The summed E-state index contributed by atoms with van der Waals surface area (Å²) in [6.07, 6.45) is 0.900. The molecular weight excluding hydrogens is 451 g/mol. The first-order chi connectivity index (χ1) is 15.2. The zero-order valence-electron chi connectivity index (χ0n) is 18.8. The monoisotopic (exact) mass is 480 g/mol. The minimum absolute atomic E-state index is 0. The summed E-state index contributed by atoms with van der Waals surface area (Å²) in [4.78, 5) is 14.1. The number of β-amino-alcohol motifs (C(OH)–C–C–N with tert-alkyl or cyclic N) is 1. The molecular formula is C24H30ClFN2O5. The molecule has 33 heavy (non-hydrogen) atoms. The fourth-order valence-corrected chi connectivity index (χ4v) is 4.32. The summed E-state index contributed by atoms with van der Waals surface area (Å²) in [7, 11) is 1.58. The molecule has 4 rings (SSSR count). The molecule has 0 radical (unpaired) electrons. The van der Waals surface area contributed by atoms with Crippen molar-refractivity contribution in [2.45, 2.75) is 43.9 Å². The van der Waals surface area contributed by atoms with Crippen molar-refractivity contribution in [2.24, 2.45) is 0 Å². The van der Waals surface area contributed by atoms with Crippen molar-refractivity contribution < 1.29 is 28.9 Å². The van der Waals surface area contributed by atoms with Crippen LogP contribution in [0.4, 0.5) is 10.1 Å². The number of methoxy groups -OCH3 is 1. The number of hydrogen-bond donors (Lipinski definition) is 3. The molecule has 0 bridgehead atoms.